The number of fused-ring (bicyclic) bond motifs is 1. The summed E-state index contributed by atoms with van der Waals surface area (Å²) in [6, 6.07) is 0.306. The first-order valence-corrected chi connectivity index (χ1v) is 9.13. The molecule has 0 aliphatic carbocycles. The van der Waals surface area contributed by atoms with Crippen LogP contribution in [0.4, 0.5) is 18.3 Å². The van der Waals surface area contributed by atoms with Crippen LogP contribution < -0.4 is 10.2 Å². The quantitative estimate of drug-likeness (QED) is 0.838. The predicted octanol–water partition coefficient (Wildman–Crippen LogP) is 3.00. The van der Waals surface area contributed by atoms with Crippen molar-refractivity contribution in [2.75, 3.05) is 24.6 Å². The van der Waals surface area contributed by atoms with Crippen LogP contribution in [0.25, 0.3) is 9.53 Å². The highest BCUT2D eigenvalue weighted by atomic mass is 32.1. The van der Waals surface area contributed by atoms with Gasteiger partial charge in [-0.3, -0.25) is 4.79 Å². The number of anilines is 1. The van der Waals surface area contributed by atoms with Gasteiger partial charge in [0.05, 0.1) is 28.6 Å². The number of alkyl halides is 3. The number of thiazole rings is 1. The molecule has 5 nitrogen and oxygen atoms in total. The van der Waals surface area contributed by atoms with E-state index in [-0.39, 0.29) is 0 Å². The number of aliphatic hydroxyl groups is 1. The van der Waals surface area contributed by atoms with Gasteiger partial charge in [0, 0.05) is 13.1 Å². The number of amides is 1. The molecule has 3 rings (SSSR count). The molecule has 132 valence electrons. The molecule has 1 saturated heterocycles. The Kier molecular flexibility index (Phi) is 4.97. The third-order valence-electron chi connectivity index (χ3n) is 3.71. The number of halogens is 3. The standard InChI is InChI=1S/C14H16F3N3O2S2/c15-14(16,17)6-8(7-21)18-11(22)9-5-10-12(23-9)19-13(24-10)20-3-1-2-4-20/h5,8,21H,1-4,6-7H2,(H,18,22). The minimum Gasteiger partial charge on any atom is -0.394 e. The van der Waals surface area contributed by atoms with E-state index in [9.17, 15) is 18.0 Å². The van der Waals surface area contributed by atoms with Gasteiger partial charge in [0.15, 0.2) is 5.13 Å². The molecule has 1 atom stereocenters. The van der Waals surface area contributed by atoms with Crippen molar-refractivity contribution in [1.29, 1.82) is 0 Å². The Morgan fingerprint density at radius 2 is 2.08 bits per heavy atom. The molecule has 3 heterocycles. The van der Waals surface area contributed by atoms with Gasteiger partial charge in [-0.2, -0.15) is 13.2 Å². The van der Waals surface area contributed by atoms with Crippen molar-refractivity contribution in [1.82, 2.24) is 10.3 Å². The number of hydrogen-bond donors (Lipinski definition) is 2. The van der Waals surface area contributed by atoms with E-state index in [1.54, 1.807) is 6.07 Å². The van der Waals surface area contributed by atoms with E-state index in [1.807, 2.05) is 0 Å². The van der Waals surface area contributed by atoms with Gasteiger partial charge in [-0.1, -0.05) is 11.3 Å². The Bertz CT molecular complexity index is 691. The number of carbonyl (C=O) groups is 1. The number of thiophene rings is 1. The molecule has 1 aliphatic rings. The zero-order valence-electron chi connectivity index (χ0n) is 12.6. The summed E-state index contributed by atoms with van der Waals surface area (Å²) in [7, 11) is 0. The van der Waals surface area contributed by atoms with Crippen LogP contribution in [0.3, 0.4) is 0 Å². The summed E-state index contributed by atoms with van der Waals surface area (Å²) in [4.78, 5) is 19.8. The van der Waals surface area contributed by atoms with Crippen molar-refractivity contribution in [3.8, 4) is 0 Å². The molecule has 1 amide bonds. The maximum atomic E-state index is 12.4. The number of aromatic nitrogens is 1. The molecule has 2 N–H and O–H groups in total. The lowest BCUT2D eigenvalue weighted by atomic mass is 10.2. The summed E-state index contributed by atoms with van der Waals surface area (Å²) in [6.07, 6.45) is -3.42. The molecular formula is C14H16F3N3O2S2. The molecule has 0 spiro atoms. The fourth-order valence-electron chi connectivity index (χ4n) is 2.58. The molecule has 1 unspecified atom stereocenters. The monoisotopic (exact) mass is 379 g/mol. The Balaban J connectivity index is 1.69. The van der Waals surface area contributed by atoms with Gasteiger partial charge in [-0.25, -0.2) is 4.98 Å². The molecule has 2 aromatic heterocycles. The van der Waals surface area contributed by atoms with Crippen LogP contribution in [0.5, 0.6) is 0 Å². The summed E-state index contributed by atoms with van der Waals surface area (Å²) < 4.78 is 38.0. The Morgan fingerprint density at radius 3 is 2.67 bits per heavy atom. The van der Waals surface area contributed by atoms with Gasteiger partial charge in [0.25, 0.3) is 5.91 Å². The van der Waals surface area contributed by atoms with Crippen LogP contribution in [-0.4, -0.2) is 47.9 Å². The van der Waals surface area contributed by atoms with Crippen LogP contribution in [-0.2, 0) is 0 Å². The lowest BCUT2D eigenvalue weighted by molar-refractivity contribution is -0.141. The van der Waals surface area contributed by atoms with E-state index in [0.29, 0.717) is 9.71 Å². The summed E-state index contributed by atoms with van der Waals surface area (Å²) >= 11 is 2.64. The highest BCUT2D eigenvalue weighted by Crippen LogP contribution is 2.35. The summed E-state index contributed by atoms with van der Waals surface area (Å²) in [5.74, 6) is -0.615. The highest BCUT2D eigenvalue weighted by Gasteiger charge is 2.32. The smallest absolute Gasteiger partial charge is 0.391 e. The van der Waals surface area contributed by atoms with E-state index in [0.717, 1.165) is 47.1 Å². The number of rotatable bonds is 5. The third kappa shape index (κ3) is 3.98. The second kappa shape index (κ2) is 6.85. The molecule has 0 radical (unpaired) electrons. The molecule has 0 saturated carbocycles. The van der Waals surface area contributed by atoms with Crippen LogP contribution in [0.15, 0.2) is 6.07 Å². The highest BCUT2D eigenvalue weighted by molar-refractivity contribution is 7.29. The maximum Gasteiger partial charge on any atom is 0.391 e. The van der Waals surface area contributed by atoms with Crippen molar-refractivity contribution < 1.29 is 23.1 Å². The van der Waals surface area contributed by atoms with E-state index >= 15 is 0 Å². The topological polar surface area (TPSA) is 65.5 Å². The maximum absolute atomic E-state index is 12.4. The van der Waals surface area contributed by atoms with Crippen LogP contribution in [0.2, 0.25) is 0 Å². The van der Waals surface area contributed by atoms with Crippen molar-refractivity contribution in [2.24, 2.45) is 0 Å². The number of nitrogens with one attached hydrogen (secondary N) is 1. The second-order valence-corrected chi connectivity index (χ2v) is 7.68. The normalized spacial score (nSPS) is 16.8. The van der Waals surface area contributed by atoms with Gasteiger partial charge in [0.2, 0.25) is 0 Å². The van der Waals surface area contributed by atoms with Gasteiger partial charge in [0.1, 0.15) is 4.83 Å². The zero-order valence-corrected chi connectivity index (χ0v) is 14.2. The SMILES string of the molecule is O=C(NC(CO)CC(F)(F)F)c1cc2sc(N3CCCC3)nc2s1. The molecule has 1 fully saturated rings. The van der Waals surface area contributed by atoms with E-state index in [4.69, 9.17) is 5.11 Å². The van der Waals surface area contributed by atoms with Gasteiger partial charge in [-0.05, 0) is 18.9 Å². The number of carbonyl (C=O) groups excluding carboxylic acids is 1. The lowest BCUT2D eigenvalue weighted by Gasteiger charge is -2.17. The van der Waals surface area contributed by atoms with Crippen LogP contribution in [0.1, 0.15) is 28.9 Å². The van der Waals surface area contributed by atoms with Gasteiger partial charge in [-0.15, -0.1) is 11.3 Å². The summed E-state index contributed by atoms with van der Waals surface area (Å²) in [5, 5.41) is 12.2. The molecule has 0 bridgehead atoms. The first-order chi connectivity index (χ1) is 11.4. The number of hydrogen-bond acceptors (Lipinski definition) is 6. The Hall–Kier alpha value is -1.39. The summed E-state index contributed by atoms with van der Waals surface area (Å²) in [6.45, 7) is 1.19. The molecule has 1 aliphatic heterocycles. The average Bonchev–Trinajstić information content (AvgIpc) is 3.19. The fourth-order valence-corrected chi connectivity index (χ4v) is 4.74. The second-order valence-electron chi connectivity index (χ2n) is 5.64. The molecule has 0 aromatic carbocycles. The van der Waals surface area contributed by atoms with Crippen molar-refractivity contribution in [2.45, 2.75) is 31.5 Å². The van der Waals surface area contributed by atoms with Crippen molar-refractivity contribution in [3.05, 3.63) is 10.9 Å². The Labute approximate surface area is 144 Å². The lowest BCUT2D eigenvalue weighted by Crippen LogP contribution is -2.40. The first-order valence-electron chi connectivity index (χ1n) is 7.49. The largest absolute Gasteiger partial charge is 0.394 e. The molecule has 10 heteroatoms. The number of aliphatic hydroxyl groups excluding tert-OH is 1. The average molecular weight is 379 g/mol. The van der Waals surface area contributed by atoms with Crippen molar-refractivity contribution >= 4 is 43.2 Å². The van der Waals surface area contributed by atoms with Crippen molar-refractivity contribution in [3.63, 3.8) is 0 Å². The third-order valence-corrected chi connectivity index (χ3v) is 5.93. The van der Waals surface area contributed by atoms with E-state index in [1.165, 1.54) is 11.3 Å². The first kappa shape index (κ1) is 17.4. The summed E-state index contributed by atoms with van der Waals surface area (Å²) in [5.41, 5.74) is 0. The van der Waals surface area contributed by atoms with E-state index in [2.05, 4.69) is 15.2 Å². The van der Waals surface area contributed by atoms with Crippen LogP contribution in [0, 0.1) is 0 Å². The zero-order chi connectivity index (χ0) is 17.3. The van der Waals surface area contributed by atoms with Crippen LogP contribution >= 0.6 is 22.7 Å². The molecular weight excluding hydrogens is 363 g/mol. The van der Waals surface area contributed by atoms with Gasteiger partial charge >= 0.3 is 6.18 Å². The Morgan fingerprint density at radius 1 is 1.38 bits per heavy atom. The molecule has 24 heavy (non-hydrogen) atoms. The predicted molar refractivity (Wildman–Crippen MR) is 88.0 cm³/mol. The fraction of sp³-hybridized carbons (Fsp3) is 0.571. The van der Waals surface area contributed by atoms with Gasteiger partial charge < -0.3 is 15.3 Å². The minimum absolute atomic E-state index is 0.303. The van der Waals surface area contributed by atoms with E-state index < -0.39 is 31.2 Å². The number of nitrogens with zero attached hydrogens (tertiary/aromatic N) is 2. The minimum atomic E-state index is -4.44. The molecule has 2 aromatic rings.